The van der Waals surface area contributed by atoms with Gasteiger partial charge in [0.25, 0.3) is 0 Å². The fourth-order valence-corrected chi connectivity index (χ4v) is 1.62. The molecule has 0 aliphatic rings. The van der Waals surface area contributed by atoms with E-state index in [1.54, 1.807) is 0 Å². The molecule has 5 heteroatoms. The minimum atomic E-state index is -2.50. The molecule has 1 nitrogen and oxygen atoms in total. The van der Waals surface area contributed by atoms with Crippen molar-refractivity contribution >= 4 is 40.7 Å². The normalized spacial score (nSPS) is 12.0. The molecule has 0 atom stereocenters. The zero-order valence-corrected chi connectivity index (χ0v) is 9.14. The van der Waals surface area contributed by atoms with E-state index in [9.17, 15) is 0 Å². The smallest absolute Gasteiger partial charge is 0.392 e. The SMILES string of the molecule is CCCCO[Si](Cl)(Cl)CCl. The lowest BCUT2D eigenvalue weighted by molar-refractivity contribution is 0.318. The second kappa shape index (κ2) is 5.67. The molecule has 0 aliphatic heterocycles. The van der Waals surface area contributed by atoms with Crippen LogP contribution in [0.4, 0.5) is 0 Å². The largest absolute Gasteiger partial charge is 0.404 e. The monoisotopic (exact) mass is 220 g/mol. The lowest BCUT2D eigenvalue weighted by Crippen LogP contribution is -2.27. The molecule has 0 aromatic rings. The molecule has 0 fully saturated rings. The Morgan fingerprint density at radius 3 is 2.40 bits per heavy atom. The van der Waals surface area contributed by atoms with Gasteiger partial charge >= 0.3 is 6.94 Å². The van der Waals surface area contributed by atoms with Crippen LogP contribution in [0.25, 0.3) is 0 Å². The Balaban J connectivity index is 3.28. The summed E-state index contributed by atoms with van der Waals surface area (Å²) in [4.78, 5) is 0. The second-order valence-corrected chi connectivity index (χ2v) is 8.85. The molecular weight excluding hydrogens is 210 g/mol. The standard InChI is InChI=1S/C5H11Cl3OSi/c1-2-3-4-9-10(7,8)5-6/h2-5H2,1H3. The van der Waals surface area contributed by atoms with Crippen LogP contribution in [0.2, 0.25) is 0 Å². The number of halogens is 3. The van der Waals surface area contributed by atoms with Gasteiger partial charge in [-0.05, 0) is 6.42 Å². The quantitative estimate of drug-likeness (QED) is 0.300. The molecule has 0 aliphatic carbocycles. The van der Waals surface area contributed by atoms with Gasteiger partial charge in [0, 0.05) is 6.61 Å². The Labute approximate surface area is 77.1 Å². The fourth-order valence-electron chi connectivity index (χ4n) is 0.404. The van der Waals surface area contributed by atoms with Crippen LogP contribution in [0, 0.1) is 0 Å². The predicted molar refractivity (Wildman–Crippen MR) is 49.0 cm³/mol. The maximum absolute atomic E-state index is 5.71. The van der Waals surface area contributed by atoms with Crippen LogP contribution in [-0.4, -0.2) is 19.0 Å². The summed E-state index contributed by atoms with van der Waals surface area (Å²) in [6.07, 6.45) is 2.08. The summed E-state index contributed by atoms with van der Waals surface area (Å²) in [5.74, 6) is 0. The number of rotatable bonds is 5. The van der Waals surface area contributed by atoms with Crippen molar-refractivity contribution in [2.45, 2.75) is 19.8 Å². The third kappa shape index (κ3) is 5.80. The first kappa shape index (κ1) is 11.0. The fraction of sp³-hybridized carbons (Fsp3) is 1.00. The van der Waals surface area contributed by atoms with Crippen LogP contribution < -0.4 is 0 Å². The molecule has 62 valence electrons. The van der Waals surface area contributed by atoms with Crippen molar-refractivity contribution in [2.24, 2.45) is 0 Å². The van der Waals surface area contributed by atoms with Gasteiger partial charge in [0.1, 0.15) is 0 Å². The minimum absolute atomic E-state index is 0.236. The van der Waals surface area contributed by atoms with E-state index in [1.807, 2.05) is 0 Å². The summed E-state index contributed by atoms with van der Waals surface area (Å²) in [7, 11) is 0. The van der Waals surface area contributed by atoms with Crippen LogP contribution in [-0.2, 0) is 4.43 Å². The summed E-state index contributed by atoms with van der Waals surface area (Å²) in [6.45, 7) is 0.202. The molecule has 0 aromatic heterocycles. The van der Waals surface area contributed by atoms with E-state index in [0.717, 1.165) is 12.8 Å². The predicted octanol–water partition coefficient (Wildman–Crippen LogP) is 3.00. The number of hydrogen-bond donors (Lipinski definition) is 0. The van der Waals surface area contributed by atoms with Crippen molar-refractivity contribution in [3.05, 3.63) is 0 Å². The Hall–Kier alpha value is 1.05. The van der Waals surface area contributed by atoms with Crippen molar-refractivity contribution in [1.82, 2.24) is 0 Å². The van der Waals surface area contributed by atoms with Crippen molar-refractivity contribution in [3.8, 4) is 0 Å². The molecule has 0 saturated heterocycles. The second-order valence-electron chi connectivity index (χ2n) is 1.97. The van der Waals surface area contributed by atoms with Crippen LogP contribution >= 0.6 is 33.8 Å². The van der Waals surface area contributed by atoms with Gasteiger partial charge < -0.3 is 4.43 Å². The van der Waals surface area contributed by atoms with Gasteiger partial charge in [0.2, 0.25) is 0 Å². The summed E-state index contributed by atoms with van der Waals surface area (Å²) >= 11 is 16.9. The Morgan fingerprint density at radius 1 is 1.40 bits per heavy atom. The molecule has 0 unspecified atom stereocenters. The molecule has 0 bridgehead atoms. The van der Waals surface area contributed by atoms with Crippen molar-refractivity contribution in [2.75, 3.05) is 12.1 Å². The third-order valence-electron chi connectivity index (χ3n) is 0.967. The van der Waals surface area contributed by atoms with E-state index >= 15 is 0 Å². The molecule has 0 radical (unpaired) electrons. The summed E-state index contributed by atoms with van der Waals surface area (Å²) in [5, 5.41) is 0. The van der Waals surface area contributed by atoms with E-state index < -0.39 is 6.94 Å². The maximum Gasteiger partial charge on any atom is 0.404 e. The van der Waals surface area contributed by atoms with Gasteiger partial charge in [-0.15, -0.1) is 33.8 Å². The molecule has 0 heterocycles. The van der Waals surface area contributed by atoms with Gasteiger partial charge in [0.15, 0.2) is 0 Å². The summed E-state index contributed by atoms with van der Waals surface area (Å²) in [6, 6.07) is 0. The highest BCUT2D eigenvalue weighted by molar-refractivity contribution is 7.43. The van der Waals surface area contributed by atoms with Crippen LogP contribution in [0.1, 0.15) is 19.8 Å². The highest BCUT2D eigenvalue weighted by Gasteiger charge is 2.28. The average molecular weight is 222 g/mol. The van der Waals surface area contributed by atoms with Gasteiger partial charge in [-0.2, -0.15) is 0 Å². The lowest BCUT2D eigenvalue weighted by atomic mass is 10.4. The van der Waals surface area contributed by atoms with Crippen LogP contribution in [0.15, 0.2) is 0 Å². The molecule has 0 spiro atoms. The lowest BCUT2D eigenvalue weighted by Gasteiger charge is -2.12. The Bertz CT molecular complexity index is 89.0. The van der Waals surface area contributed by atoms with Crippen molar-refractivity contribution < 1.29 is 4.43 Å². The average Bonchev–Trinajstić information content (AvgIpc) is 1.89. The van der Waals surface area contributed by atoms with Gasteiger partial charge in [0.05, 0.1) is 5.50 Å². The van der Waals surface area contributed by atoms with E-state index in [1.165, 1.54) is 0 Å². The maximum atomic E-state index is 5.71. The van der Waals surface area contributed by atoms with Gasteiger partial charge in [-0.25, -0.2) is 0 Å². The number of alkyl halides is 1. The van der Waals surface area contributed by atoms with Crippen LogP contribution in [0.3, 0.4) is 0 Å². The summed E-state index contributed by atoms with van der Waals surface area (Å²) in [5.41, 5.74) is 0.236. The van der Waals surface area contributed by atoms with E-state index in [-0.39, 0.29) is 5.50 Å². The Kier molecular flexibility index (Phi) is 6.26. The van der Waals surface area contributed by atoms with E-state index in [0.29, 0.717) is 6.61 Å². The molecular formula is C5H11Cl3OSi. The molecule has 0 aromatic carbocycles. The topological polar surface area (TPSA) is 9.23 Å². The Morgan fingerprint density at radius 2 is 2.00 bits per heavy atom. The highest BCUT2D eigenvalue weighted by atomic mass is 35.7. The molecule has 0 saturated carbocycles. The zero-order valence-electron chi connectivity index (χ0n) is 5.87. The van der Waals surface area contributed by atoms with Crippen molar-refractivity contribution in [1.29, 1.82) is 0 Å². The summed E-state index contributed by atoms with van der Waals surface area (Å²) < 4.78 is 5.16. The number of unbranched alkanes of at least 4 members (excludes halogenated alkanes) is 1. The van der Waals surface area contributed by atoms with Crippen molar-refractivity contribution in [3.63, 3.8) is 0 Å². The first-order valence-corrected chi connectivity index (χ1v) is 7.87. The van der Waals surface area contributed by atoms with E-state index in [4.69, 9.17) is 38.2 Å². The molecule has 10 heavy (non-hydrogen) atoms. The molecule has 0 amide bonds. The van der Waals surface area contributed by atoms with Gasteiger partial charge in [-0.3, -0.25) is 0 Å². The molecule has 0 rings (SSSR count). The van der Waals surface area contributed by atoms with E-state index in [2.05, 4.69) is 6.92 Å². The minimum Gasteiger partial charge on any atom is -0.392 e. The molecule has 0 N–H and O–H groups in total. The first-order chi connectivity index (χ1) is 4.62. The zero-order chi connectivity index (χ0) is 8.04. The van der Waals surface area contributed by atoms with Gasteiger partial charge in [-0.1, -0.05) is 13.3 Å². The highest BCUT2D eigenvalue weighted by Crippen LogP contribution is 2.18. The van der Waals surface area contributed by atoms with Crippen LogP contribution in [0.5, 0.6) is 0 Å². The first-order valence-electron chi connectivity index (χ1n) is 3.20. The third-order valence-corrected chi connectivity index (χ3v) is 5.31. The number of hydrogen-bond acceptors (Lipinski definition) is 1.